The standard InChI is InChI=1S/Fe.O.Ti.W. The second-order valence-corrected chi connectivity index (χ2v) is 0. The zero-order valence-electron chi connectivity index (χ0n) is 1.67. The Morgan fingerprint density at radius 2 is 1.25 bits per heavy atom. The topological polar surface area (TPSA) is 17.1 Å². The summed E-state index contributed by atoms with van der Waals surface area (Å²) in [6.45, 7) is 0. The maximum atomic E-state index is 8.00. The summed E-state index contributed by atoms with van der Waals surface area (Å²) in [5.74, 6) is 0. The fraction of sp³-hybridized carbons (Fsp3) is 0. The molecule has 0 aromatic rings. The molecule has 0 saturated carbocycles. The first-order chi connectivity index (χ1) is 1.00. The second kappa shape index (κ2) is 22.1. The van der Waals surface area contributed by atoms with Crippen molar-refractivity contribution in [2.75, 3.05) is 0 Å². The average Bonchev–Trinajstić information content (AvgIpc) is 1.00. The van der Waals surface area contributed by atoms with Gasteiger partial charge < -0.3 is 0 Å². The van der Waals surface area contributed by atoms with E-state index in [1.807, 2.05) is 15.9 Å². The van der Waals surface area contributed by atoms with Gasteiger partial charge in [0.2, 0.25) is 0 Å². The number of hydrogen-bond donors (Lipinski definition) is 0. The molecule has 4 heavy (non-hydrogen) atoms. The van der Waals surface area contributed by atoms with Crippen LogP contribution >= 0.6 is 0 Å². The molecule has 1 nitrogen and oxygen atoms in total. The average molecular weight is 304 g/mol. The summed E-state index contributed by atoms with van der Waals surface area (Å²) in [7, 11) is 0. The third-order valence-electron chi connectivity index (χ3n) is 0. The molecule has 24 valence electrons. The van der Waals surface area contributed by atoms with Crippen molar-refractivity contribution in [2.24, 2.45) is 0 Å². The van der Waals surface area contributed by atoms with Crippen LogP contribution < -0.4 is 0 Å². The van der Waals surface area contributed by atoms with Gasteiger partial charge >= 0.3 is 19.8 Å². The number of hydrogen-bond acceptors (Lipinski definition) is 1. The maximum Gasteiger partial charge on any atom is 0 e. The van der Waals surface area contributed by atoms with Gasteiger partial charge in [0.15, 0.2) is 0 Å². The minimum absolute atomic E-state index is 0. The molecule has 0 N–H and O–H groups in total. The molecule has 0 aromatic carbocycles. The fourth-order valence-corrected chi connectivity index (χ4v) is 0. The Kier molecular flexibility index (Phi) is 95.0. The van der Waals surface area contributed by atoms with Crippen molar-refractivity contribution in [1.82, 2.24) is 0 Å². The van der Waals surface area contributed by atoms with Crippen LogP contribution in [0.25, 0.3) is 0 Å². The third kappa shape index (κ3) is 9.30. The van der Waals surface area contributed by atoms with E-state index in [1.165, 1.54) is 0 Å². The zero-order chi connectivity index (χ0) is 2.00. The van der Waals surface area contributed by atoms with Crippen LogP contribution in [0.3, 0.4) is 0 Å². The first-order valence-electron chi connectivity index (χ1n) is 0.144. The molecule has 0 aliphatic rings. The van der Waals surface area contributed by atoms with E-state index in [4.69, 9.17) is 3.83 Å². The largest absolute Gasteiger partial charge is 0 e. The molecule has 0 aliphatic heterocycles. The Hall–Kier alpha value is 1.72. The molecule has 0 fully saturated rings. The van der Waals surface area contributed by atoms with E-state index < -0.39 is 0 Å². The maximum absolute atomic E-state index is 8.00. The van der Waals surface area contributed by atoms with Gasteiger partial charge in [-0.3, -0.25) is 0 Å². The van der Waals surface area contributed by atoms with E-state index in [0.29, 0.717) is 0 Å². The molecule has 0 aromatic heterocycles. The van der Waals surface area contributed by atoms with Crippen LogP contribution in [0.1, 0.15) is 0 Å². The van der Waals surface area contributed by atoms with E-state index in [9.17, 15) is 0 Å². The Morgan fingerprint density at radius 1 is 1.25 bits per heavy atom. The van der Waals surface area contributed by atoms with Crippen molar-refractivity contribution in [3.8, 4) is 0 Å². The van der Waals surface area contributed by atoms with Crippen molar-refractivity contribution in [1.29, 1.82) is 0 Å². The summed E-state index contributed by atoms with van der Waals surface area (Å²) >= 11 is 2.00. The first kappa shape index (κ1) is 17.2. The molecule has 0 saturated heterocycles. The number of rotatable bonds is 0. The van der Waals surface area contributed by atoms with Gasteiger partial charge in [-0.1, -0.05) is 0 Å². The van der Waals surface area contributed by atoms with Gasteiger partial charge in [-0.15, -0.1) is 0 Å². The van der Waals surface area contributed by atoms with Crippen LogP contribution in [0.2, 0.25) is 0 Å². The van der Waals surface area contributed by atoms with Crippen molar-refractivity contribution >= 4 is 0 Å². The van der Waals surface area contributed by atoms with Gasteiger partial charge in [-0.25, -0.2) is 0 Å². The van der Waals surface area contributed by atoms with Crippen LogP contribution in [-0.4, -0.2) is 0 Å². The molecule has 0 unspecified atom stereocenters. The van der Waals surface area contributed by atoms with E-state index in [1.54, 1.807) is 0 Å². The van der Waals surface area contributed by atoms with Crippen LogP contribution in [-0.2, 0) is 62.6 Å². The molecule has 0 rings (SSSR count). The van der Waals surface area contributed by atoms with Gasteiger partial charge in [-0.05, 0) is 0 Å². The smallest absolute Gasteiger partial charge is 0 e. The summed E-state index contributed by atoms with van der Waals surface area (Å²) in [5, 5.41) is 0. The van der Waals surface area contributed by atoms with Gasteiger partial charge in [0.25, 0.3) is 0 Å². The predicted molar refractivity (Wildman–Crippen MR) is 0.686 cm³/mol. The van der Waals surface area contributed by atoms with E-state index in [-0.39, 0.29) is 42.8 Å². The Morgan fingerprint density at radius 3 is 1.25 bits per heavy atom. The van der Waals surface area contributed by atoms with E-state index in [0.717, 1.165) is 0 Å². The van der Waals surface area contributed by atoms with Crippen molar-refractivity contribution in [3.63, 3.8) is 0 Å². The van der Waals surface area contributed by atoms with Crippen LogP contribution in [0, 0.1) is 0 Å². The summed E-state index contributed by atoms with van der Waals surface area (Å²) in [6.07, 6.45) is 0. The third-order valence-corrected chi connectivity index (χ3v) is 0. The van der Waals surface area contributed by atoms with Crippen molar-refractivity contribution in [2.45, 2.75) is 0 Å². The molecule has 0 spiro atoms. The monoisotopic (exact) mass is 304 g/mol. The van der Waals surface area contributed by atoms with Crippen LogP contribution in [0.15, 0.2) is 0 Å². The fourth-order valence-electron chi connectivity index (χ4n) is 0. The van der Waals surface area contributed by atoms with Crippen LogP contribution in [0.4, 0.5) is 0 Å². The Balaban J connectivity index is -0.00000000500. The second-order valence-electron chi connectivity index (χ2n) is 0. The van der Waals surface area contributed by atoms with E-state index >= 15 is 0 Å². The molecule has 0 heterocycles. The molecule has 0 atom stereocenters. The molecule has 0 amide bonds. The molecule has 0 radical (unpaired) electrons. The Bertz CT molecular complexity index is 8.00. The SMILES string of the molecule is [O]=[Fe].[Ti].[W]. The van der Waals surface area contributed by atoms with Crippen molar-refractivity contribution < 1.29 is 62.6 Å². The van der Waals surface area contributed by atoms with Gasteiger partial charge in [0.05, 0.1) is 0 Å². The molecule has 0 bridgehead atoms. The quantitative estimate of drug-likeness (QED) is 0.570. The Labute approximate surface area is 62.1 Å². The normalized spacial score (nSPS) is 1.25. The summed E-state index contributed by atoms with van der Waals surface area (Å²) < 4.78 is 8.00. The molecular formula is FeOTiW. The minimum Gasteiger partial charge on any atom is 0 e. The van der Waals surface area contributed by atoms with Crippen molar-refractivity contribution in [3.05, 3.63) is 0 Å². The molecule has 0 aliphatic carbocycles. The van der Waals surface area contributed by atoms with Gasteiger partial charge in [-0.2, -0.15) is 0 Å². The van der Waals surface area contributed by atoms with Crippen LogP contribution in [0.5, 0.6) is 0 Å². The minimum atomic E-state index is 0. The first-order valence-corrected chi connectivity index (χ1v) is 0.595. The van der Waals surface area contributed by atoms with E-state index in [2.05, 4.69) is 0 Å². The molecular weight excluding hydrogens is 304 g/mol. The zero-order valence-corrected chi connectivity index (χ0v) is 7.27. The summed E-state index contributed by atoms with van der Waals surface area (Å²) in [6, 6.07) is 0. The summed E-state index contributed by atoms with van der Waals surface area (Å²) in [5.41, 5.74) is 0. The summed E-state index contributed by atoms with van der Waals surface area (Å²) in [4.78, 5) is 0. The predicted octanol–water partition coefficient (Wildman–Crippen LogP) is -0.126. The van der Waals surface area contributed by atoms with Gasteiger partial charge in [0.1, 0.15) is 0 Å². The van der Waals surface area contributed by atoms with Gasteiger partial charge in [0, 0.05) is 42.8 Å². The molecule has 4 heteroatoms.